The van der Waals surface area contributed by atoms with E-state index in [1.807, 2.05) is 4.57 Å². The van der Waals surface area contributed by atoms with Crippen LogP contribution in [-0.2, 0) is 22.4 Å². The van der Waals surface area contributed by atoms with E-state index >= 15 is 0 Å². The lowest BCUT2D eigenvalue weighted by atomic mass is 10.3. The highest BCUT2D eigenvalue weighted by Crippen LogP contribution is 2.28. The number of hydrogen-bond acceptors (Lipinski definition) is 3. The lowest BCUT2D eigenvalue weighted by Crippen LogP contribution is -2.24. The highest BCUT2D eigenvalue weighted by molar-refractivity contribution is 7.88. The van der Waals surface area contributed by atoms with Crippen molar-refractivity contribution in [3.63, 3.8) is 0 Å². The molecular formula is C12H14Cl3N3O2S. The van der Waals surface area contributed by atoms with E-state index in [4.69, 9.17) is 34.8 Å². The summed E-state index contributed by atoms with van der Waals surface area (Å²) < 4.78 is 26.4. The maximum Gasteiger partial charge on any atom is 0.208 e. The van der Waals surface area contributed by atoms with Crippen molar-refractivity contribution in [3.8, 4) is 0 Å². The molecule has 1 aromatic carbocycles. The molecule has 0 saturated carbocycles. The monoisotopic (exact) mass is 369 g/mol. The van der Waals surface area contributed by atoms with E-state index in [2.05, 4.69) is 9.71 Å². The highest BCUT2D eigenvalue weighted by atomic mass is 35.5. The number of nitrogens with one attached hydrogen (secondary N) is 1. The SMILES string of the molecule is CS(=O)(=O)NCCCn1c(CCl)nc2cc(Cl)c(Cl)cc21. The van der Waals surface area contributed by atoms with E-state index in [9.17, 15) is 8.42 Å². The molecule has 1 heterocycles. The fourth-order valence-electron chi connectivity index (χ4n) is 2.02. The average Bonchev–Trinajstić information content (AvgIpc) is 2.71. The lowest BCUT2D eigenvalue weighted by molar-refractivity contribution is 0.575. The summed E-state index contributed by atoms with van der Waals surface area (Å²) in [7, 11) is -3.18. The van der Waals surface area contributed by atoms with Gasteiger partial charge in [-0.1, -0.05) is 23.2 Å². The van der Waals surface area contributed by atoms with Crippen molar-refractivity contribution in [3.05, 3.63) is 28.0 Å². The van der Waals surface area contributed by atoms with Gasteiger partial charge in [0.15, 0.2) is 0 Å². The molecule has 2 aromatic rings. The van der Waals surface area contributed by atoms with Gasteiger partial charge in [-0.2, -0.15) is 0 Å². The predicted octanol–water partition coefficient (Wildman–Crippen LogP) is 3.02. The van der Waals surface area contributed by atoms with Crippen molar-refractivity contribution in [2.24, 2.45) is 0 Å². The summed E-state index contributed by atoms with van der Waals surface area (Å²) in [4.78, 5) is 4.41. The van der Waals surface area contributed by atoms with Gasteiger partial charge in [0.05, 0.1) is 33.2 Å². The molecule has 9 heteroatoms. The number of benzene rings is 1. The zero-order chi connectivity index (χ0) is 15.6. The van der Waals surface area contributed by atoms with Gasteiger partial charge in [-0.25, -0.2) is 18.1 Å². The van der Waals surface area contributed by atoms with Gasteiger partial charge < -0.3 is 4.57 Å². The third kappa shape index (κ3) is 4.23. The second kappa shape index (κ2) is 6.71. The Kier molecular flexibility index (Phi) is 5.38. The first kappa shape index (κ1) is 16.8. The summed E-state index contributed by atoms with van der Waals surface area (Å²) in [5, 5.41) is 0.884. The second-order valence-corrected chi connectivity index (χ2v) is 7.50. The van der Waals surface area contributed by atoms with Crippen molar-refractivity contribution >= 4 is 55.9 Å². The molecule has 0 aliphatic rings. The fraction of sp³-hybridized carbons (Fsp3) is 0.417. The molecule has 0 aliphatic heterocycles. The molecule has 0 atom stereocenters. The minimum Gasteiger partial charge on any atom is -0.327 e. The average molecular weight is 371 g/mol. The van der Waals surface area contributed by atoms with E-state index < -0.39 is 10.0 Å². The summed E-state index contributed by atoms with van der Waals surface area (Å²) in [6.45, 7) is 0.931. The molecule has 116 valence electrons. The van der Waals surface area contributed by atoms with Crippen molar-refractivity contribution < 1.29 is 8.42 Å². The summed E-state index contributed by atoms with van der Waals surface area (Å²) >= 11 is 17.9. The summed E-state index contributed by atoms with van der Waals surface area (Å²) in [6.07, 6.45) is 1.74. The van der Waals surface area contributed by atoms with Crippen LogP contribution in [0.1, 0.15) is 12.2 Å². The molecule has 0 bridgehead atoms. The number of sulfonamides is 1. The van der Waals surface area contributed by atoms with Crippen molar-refractivity contribution in [1.82, 2.24) is 14.3 Å². The number of fused-ring (bicyclic) bond motifs is 1. The summed E-state index contributed by atoms with van der Waals surface area (Å²) in [6, 6.07) is 3.44. The largest absolute Gasteiger partial charge is 0.327 e. The number of aryl methyl sites for hydroxylation is 1. The summed E-state index contributed by atoms with van der Waals surface area (Å²) in [5.74, 6) is 0.952. The van der Waals surface area contributed by atoms with Crippen LogP contribution in [-0.4, -0.2) is 30.8 Å². The van der Waals surface area contributed by atoms with Crippen LogP contribution in [0.4, 0.5) is 0 Å². The summed E-state index contributed by atoms with van der Waals surface area (Å²) in [5.41, 5.74) is 1.55. The van der Waals surface area contributed by atoms with Gasteiger partial charge in [-0.15, -0.1) is 11.6 Å². The first-order valence-corrected chi connectivity index (χ1v) is 9.35. The molecule has 0 spiro atoms. The Balaban J connectivity index is 2.23. The van der Waals surface area contributed by atoms with E-state index in [1.165, 1.54) is 0 Å². The van der Waals surface area contributed by atoms with E-state index in [1.54, 1.807) is 12.1 Å². The fourth-order valence-corrected chi connectivity index (χ4v) is 3.05. The third-order valence-electron chi connectivity index (χ3n) is 2.91. The molecule has 0 saturated heterocycles. The standard InChI is InChI=1S/C12H14Cl3N3O2S/c1-21(19,20)16-3-2-4-18-11-6-9(15)8(14)5-10(11)17-12(18)7-13/h5-6,16H,2-4,7H2,1H3. The van der Waals surface area contributed by atoms with Crippen LogP contribution >= 0.6 is 34.8 Å². The highest BCUT2D eigenvalue weighted by Gasteiger charge is 2.12. The molecular weight excluding hydrogens is 357 g/mol. The van der Waals surface area contributed by atoms with Crippen LogP contribution in [0.25, 0.3) is 11.0 Å². The minimum atomic E-state index is -3.18. The third-order valence-corrected chi connectivity index (χ3v) is 4.60. The molecule has 0 fully saturated rings. The van der Waals surface area contributed by atoms with Gasteiger partial charge in [-0.3, -0.25) is 0 Å². The number of rotatable bonds is 6. The molecule has 0 amide bonds. The van der Waals surface area contributed by atoms with E-state index in [-0.39, 0.29) is 5.88 Å². The van der Waals surface area contributed by atoms with Gasteiger partial charge in [0, 0.05) is 13.1 Å². The molecule has 21 heavy (non-hydrogen) atoms. The van der Waals surface area contributed by atoms with Crippen molar-refractivity contribution in [2.75, 3.05) is 12.8 Å². The van der Waals surface area contributed by atoms with Crippen molar-refractivity contribution in [2.45, 2.75) is 18.8 Å². The van der Waals surface area contributed by atoms with E-state index in [0.29, 0.717) is 35.4 Å². The Morgan fingerprint density at radius 3 is 2.57 bits per heavy atom. The van der Waals surface area contributed by atoms with Gasteiger partial charge in [0.25, 0.3) is 0 Å². The molecule has 0 aliphatic carbocycles. The van der Waals surface area contributed by atoms with Crippen LogP contribution in [0.2, 0.25) is 10.0 Å². The molecule has 1 aromatic heterocycles. The molecule has 5 nitrogen and oxygen atoms in total. The number of imidazole rings is 1. The topological polar surface area (TPSA) is 64.0 Å². The number of alkyl halides is 1. The number of nitrogens with zero attached hydrogens (tertiary/aromatic N) is 2. The lowest BCUT2D eigenvalue weighted by Gasteiger charge is -2.08. The smallest absolute Gasteiger partial charge is 0.208 e. The number of halogens is 3. The first-order chi connectivity index (χ1) is 9.81. The quantitative estimate of drug-likeness (QED) is 0.628. The maximum atomic E-state index is 11.0. The van der Waals surface area contributed by atoms with Crippen LogP contribution in [0, 0.1) is 0 Å². The minimum absolute atomic E-state index is 0.253. The normalized spacial score (nSPS) is 12.2. The first-order valence-electron chi connectivity index (χ1n) is 6.16. The zero-order valence-electron chi connectivity index (χ0n) is 11.2. The van der Waals surface area contributed by atoms with Gasteiger partial charge >= 0.3 is 0 Å². The van der Waals surface area contributed by atoms with Gasteiger partial charge in [-0.05, 0) is 18.6 Å². The van der Waals surface area contributed by atoms with Crippen LogP contribution < -0.4 is 4.72 Å². The molecule has 2 rings (SSSR count). The van der Waals surface area contributed by atoms with E-state index in [0.717, 1.165) is 17.3 Å². The van der Waals surface area contributed by atoms with Gasteiger partial charge in [0.1, 0.15) is 5.82 Å². The Morgan fingerprint density at radius 1 is 1.29 bits per heavy atom. The maximum absolute atomic E-state index is 11.0. The zero-order valence-corrected chi connectivity index (χ0v) is 14.3. The second-order valence-electron chi connectivity index (χ2n) is 4.59. The Morgan fingerprint density at radius 2 is 1.95 bits per heavy atom. The Hall–Kier alpha value is -0.530. The van der Waals surface area contributed by atoms with Crippen molar-refractivity contribution in [1.29, 1.82) is 0 Å². The molecule has 1 N–H and O–H groups in total. The Bertz CT molecular complexity index is 759. The number of hydrogen-bond donors (Lipinski definition) is 1. The molecule has 0 radical (unpaired) electrons. The predicted molar refractivity (Wildman–Crippen MR) is 86.8 cm³/mol. The number of aromatic nitrogens is 2. The van der Waals surface area contributed by atoms with Crippen LogP contribution in [0.15, 0.2) is 12.1 Å². The Labute approximate surface area is 138 Å². The van der Waals surface area contributed by atoms with Gasteiger partial charge in [0.2, 0.25) is 10.0 Å². The van der Waals surface area contributed by atoms with Crippen LogP contribution in [0.3, 0.4) is 0 Å². The molecule has 0 unspecified atom stereocenters. The van der Waals surface area contributed by atoms with Crippen LogP contribution in [0.5, 0.6) is 0 Å².